The number of para-hydroxylation sites is 1. The summed E-state index contributed by atoms with van der Waals surface area (Å²) in [6.07, 6.45) is 3.13. The van der Waals surface area contributed by atoms with E-state index in [1.54, 1.807) is 0 Å². The van der Waals surface area contributed by atoms with Crippen LogP contribution in [0.5, 0.6) is 0 Å². The molecule has 0 saturated carbocycles. The lowest BCUT2D eigenvalue weighted by Gasteiger charge is -2.16. The van der Waals surface area contributed by atoms with Gasteiger partial charge in [0, 0.05) is 25.0 Å². The largest absolute Gasteiger partial charge is 0.450 e. The molecule has 1 aromatic carbocycles. The summed E-state index contributed by atoms with van der Waals surface area (Å²) in [5.41, 5.74) is 2.16. The topological polar surface area (TPSA) is 71.3 Å². The minimum Gasteiger partial charge on any atom is -0.450 e. The van der Waals surface area contributed by atoms with E-state index in [-0.39, 0.29) is 11.7 Å². The lowest BCUT2D eigenvalue weighted by molar-refractivity contribution is 0.0943. The van der Waals surface area contributed by atoms with Gasteiger partial charge in [-0.15, -0.1) is 0 Å². The molecule has 6 nitrogen and oxygen atoms in total. The molecule has 1 amide bonds. The molecular formula is C18H20N4O2. The highest BCUT2D eigenvalue weighted by Gasteiger charge is 2.24. The average Bonchev–Trinajstić information content (AvgIpc) is 3.26. The van der Waals surface area contributed by atoms with Gasteiger partial charge >= 0.3 is 0 Å². The third kappa shape index (κ3) is 2.48. The van der Waals surface area contributed by atoms with Gasteiger partial charge < -0.3 is 14.6 Å². The predicted octanol–water partition coefficient (Wildman–Crippen LogP) is 3.12. The first kappa shape index (κ1) is 14.9. The Hall–Kier alpha value is -2.63. The molecule has 1 saturated heterocycles. The van der Waals surface area contributed by atoms with Gasteiger partial charge in [-0.25, -0.2) is 9.97 Å². The molecule has 124 valence electrons. The summed E-state index contributed by atoms with van der Waals surface area (Å²) in [5.74, 6) is 0.712. The van der Waals surface area contributed by atoms with Gasteiger partial charge in [0.15, 0.2) is 11.4 Å². The number of hydrogen-bond acceptors (Lipinski definition) is 5. The van der Waals surface area contributed by atoms with E-state index >= 15 is 0 Å². The van der Waals surface area contributed by atoms with Crippen molar-refractivity contribution in [3.8, 4) is 0 Å². The number of carbonyl (C=O) groups excluding carboxylic acids is 1. The Morgan fingerprint density at radius 1 is 1.25 bits per heavy atom. The van der Waals surface area contributed by atoms with Crippen LogP contribution in [-0.4, -0.2) is 35.5 Å². The van der Waals surface area contributed by atoms with Gasteiger partial charge in [-0.1, -0.05) is 19.1 Å². The molecule has 4 rings (SSSR count). The number of nitrogens with zero attached hydrogens (tertiary/aromatic N) is 3. The van der Waals surface area contributed by atoms with E-state index in [0.29, 0.717) is 17.6 Å². The molecule has 0 atom stereocenters. The standard InChI is InChI=1S/C18H20N4O2/c1-2-9-19-18(23)16-20-14-12-7-3-4-8-13(12)24-15(14)17(21-16)22-10-5-6-11-22/h3-4,7-8H,2,5-6,9-11H2,1H3,(H,19,23). The van der Waals surface area contributed by atoms with E-state index in [9.17, 15) is 4.79 Å². The summed E-state index contributed by atoms with van der Waals surface area (Å²) in [6, 6.07) is 7.77. The van der Waals surface area contributed by atoms with E-state index in [1.165, 1.54) is 0 Å². The molecule has 24 heavy (non-hydrogen) atoms. The fourth-order valence-corrected chi connectivity index (χ4v) is 3.14. The van der Waals surface area contributed by atoms with Crippen LogP contribution >= 0.6 is 0 Å². The molecule has 0 radical (unpaired) electrons. The molecule has 1 fully saturated rings. The molecule has 1 aliphatic rings. The molecule has 1 N–H and O–H groups in total. The van der Waals surface area contributed by atoms with E-state index in [4.69, 9.17) is 4.42 Å². The van der Waals surface area contributed by atoms with Crippen LogP contribution in [0.15, 0.2) is 28.7 Å². The number of rotatable bonds is 4. The highest BCUT2D eigenvalue weighted by molar-refractivity contribution is 6.07. The number of anilines is 1. The number of fused-ring (bicyclic) bond motifs is 3. The van der Waals surface area contributed by atoms with Crippen molar-refractivity contribution in [2.24, 2.45) is 0 Å². The van der Waals surface area contributed by atoms with Crippen LogP contribution in [0.3, 0.4) is 0 Å². The molecule has 3 heterocycles. The Labute approximate surface area is 139 Å². The van der Waals surface area contributed by atoms with Gasteiger partial charge in [0.1, 0.15) is 11.1 Å². The van der Waals surface area contributed by atoms with Gasteiger partial charge in [0.2, 0.25) is 5.82 Å². The van der Waals surface area contributed by atoms with Crippen molar-refractivity contribution in [1.82, 2.24) is 15.3 Å². The molecule has 6 heteroatoms. The molecule has 0 spiro atoms. The first-order valence-corrected chi connectivity index (χ1v) is 8.50. The van der Waals surface area contributed by atoms with Crippen LogP contribution in [0.2, 0.25) is 0 Å². The minimum atomic E-state index is -0.232. The number of furan rings is 1. The third-order valence-electron chi connectivity index (χ3n) is 4.35. The SMILES string of the molecule is CCCNC(=O)c1nc(N2CCCC2)c2oc3ccccc3c2n1. The molecular weight excluding hydrogens is 304 g/mol. The molecule has 0 unspecified atom stereocenters. The molecule has 2 aromatic heterocycles. The maximum Gasteiger partial charge on any atom is 0.289 e. The van der Waals surface area contributed by atoms with Crippen LogP contribution < -0.4 is 10.2 Å². The van der Waals surface area contributed by atoms with E-state index in [1.807, 2.05) is 31.2 Å². The Morgan fingerprint density at radius 2 is 2.04 bits per heavy atom. The number of benzene rings is 1. The number of nitrogens with one attached hydrogen (secondary N) is 1. The zero-order valence-corrected chi connectivity index (χ0v) is 13.7. The van der Waals surface area contributed by atoms with Crippen LogP contribution in [0.4, 0.5) is 5.82 Å². The lowest BCUT2D eigenvalue weighted by Crippen LogP contribution is -2.27. The van der Waals surface area contributed by atoms with Gasteiger partial charge in [0.25, 0.3) is 5.91 Å². The van der Waals surface area contributed by atoms with Gasteiger partial charge in [0.05, 0.1) is 0 Å². The number of hydrogen-bond donors (Lipinski definition) is 1. The average molecular weight is 324 g/mol. The molecule has 3 aromatic rings. The Bertz CT molecular complexity index is 897. The smallest absolute Gasteiger partial charge is 0.289 e. The van der Waals surface area contributed by atoms with E-state index < -0.39 is 0 Å². The van der Waals surface area contributed by atoms with Crippen molar-refractivity contribution in [3.05, 3.63) is 30.1 Å². The highest BCUT2D eigenvalue weighted by atomic mass is 16.3. The monoisotopic (exact) mass is 324 g/mol. The summed E-state index contributed by atoms with van der Waals surface area (Å²) < 4.78 is 6.01. The minimum absolute atomic E-state index is 0.212. The normalized spacial score (nSPS) is 14.6. The van der Waals surface area contributed by atoms with Gasteiger partial charge in [-0.2, -0.15) is 0 Å². The molecule has 0 bridgehead atoms. The Balaban J connectivity index is 1.91. The third-order valence-corrected chi connectivity index (χ3v) is 4.35. The van der Waals surface area contributed by atoms with Crippen LogP contribution in [-0.2, 0) is 0 Å². The number of amides is 1. The Kier molecular flexibility index (Phi) is 3.80. The van der Waals surface area contributed by atoms with Gasteiger partial charge in [-0.05, 0) is 31.4 Å². The zero-order chi connectivity index (χ0) is 16.5. The van der Waals surface area contributed by atoms with Crippen LogP contribution in [0, 0.1) is 0 Å². The summed E-state index contributed by atoms with van der Waals surface area (Å²) in [7, 11) is 0. The second kappa shape index (κ2) is 6.11. The molecule has 0 aliphatic carbocycles. The predicted molar refractivity (Wildman–Crippen MR) is 93.4 cm³/mol. The van der Waals surface area contributed by atoms with E-state index in [0.717, 1.165) is 49.1 Å². The van der Waals surface area contributed by atoms with Crippen molar-refractivity contribution in [2.75, 3.05) is 24.5 Å². The maximum atomic E-state index is 12.4. The summed E-state index contributed by atoms with van der Waals surface area (Å²) in [6.45, 7) is 4.49. The highest BCUT2D eigenvalue weighted by Crippen LogP contribution is 2.34. The van der Waals surface area contributed by atoms with Gasteiger partial charge in [-0.3, -0.25) is 4.79 Å². The first-order valence-electron chi connectivity index (χ1n) is 8.50. The first-order chi connectivity index (χ1) is 11.8. The fourth-order valence-electron chi connectivity index (χ4n) is 3.14. The Morgan fingerprint density at radius 3 is 2.83 bits per heavy atom. The number of aromatic nitrogens is 2. The summed E-state index contributed by atoms with van der Waals surface area (Å²) in [5, 5.41) is 3.77. The lowest BCUT2D eigenvalue weighted by atomic mass is 10.2. The summed E-state index contributed by atoms with van der Waals surface area (Å²) >= 11 is 0. The summed E-state index contributed by atoms with van der Waals surface area (Å²) in [4.78, 5) is 23.6. The quantitative estimate of drug-likeness (QED) is 0.798. The molecule has 1 aliphatic heterocycles. The second-order valence-corrected chi connectivity index (χ2v) is 6.10. The zero-order valence-electron chi connectivity index (χ0n) is 13.7. The second-order valence-electron chi connectivity index (χ2n) is 6.10. The van der Waals surface area contributed by atoms with Crippen molar-refractivity contribution in [3.63, 3.8) is 0 Å². The van der Waals surface area contributed by atoms with Crippen LogP contribution in [0.1, 0.15) is 36.8 Å². The number of carbonyl (C=O) groups is 1. The van der Waals surface area contributed by atoms with Crippen LogP contribution in [0.25, 0.3) is 22.1 Å². The van der Waals surface area contributed by atoms with Crippen molar-refractivity contribution >= 4 is 33.8 Å². The fraction of sp³-hybridized carbons (Fsp3) is 0.389. The van der Waals surface area contributed by atoms with E-state index in [2.05, 4.69) is 20.2 Å². The maximum absolute atomic E-state index is 12.4. The van der Waals surface area contributed by atoms with Crippen molar-refractivity contribution in [2.45, 2.75) is 26.2 Å². The van der Waals surface area contributed by atoms with Crippen molar-refractivity contribution in [1.29, 1.82) is 0 Å². The van der Waals surface area contributed by atoms with Crippen molar-refractivity contribution < 1.29 is 9.21 Å².